The Hall–Kier alpha value is -2.77. The average Bonchev–Trinajstić information content (AvgIpc) is 2.92. The predicted molar refractivity (Wildman–Crippen MR) is 75.1 cm³/mol. The van der Waals surface area contributed by atoms with Crippen LogP contribution in [0.5, 0.6) is 0 Å². The Balaban J connectivity index is 2.03. The minimum Gasteiger partial charge on any atom is -0.291 e. The third kappa shape index (κ3) is 1.82. The lowest BCUT2D eigenvalue weighted by Crippen LogP contribution is -2.52. The van der Waals surface area contributed by atoms with Crippen LogP contribution in [-0.4, -0.2) is 21.8 Å². The third-order valence-corrected chi connectivity index (χ3v) is 4.55. The van der Waals surface area contributed by atoms with E-state index in [0.717, 1.165) is 11.8 Å². The van der Waals surface area contributed by atoms with Gasteiger partial charge >= 0.3 is 6.18 Å². The number of carbonyl (C=O) groups excluding carboxylic acids is 2. The highest BCUT2D eigenvalue weighted by Gasteiger charge is 2.54. The average molecular weight is 333 g/mol. The van der Waals surface area contributed by atoms with Crippen molar-refractivity contribution < 1.29 is 22.8 Å². The molecule has 4 rings (SSSR count). The second-order valence-electron chi connectivity index (χ2n) is 5.80. The highest BCUT2D eigenvalue weighted by atomic mass is 19.4. The predicted octanol–water partition coefficient (Wildman–Crippen LogP) is 2.00. The molecule has 1 aliphatic heterocycles. The summed E-state index contributed by atoms with van der Waals surface area (Å²) in [5.41, 5.74) is -0.200. The molecule has 0 saturated heterocycles. The number of aromatic nitrogens is 2. The Bertz CT molecular complexity index is 894. The van der Waals surface area contributed by atoms with Gasteiger partial charge in [0.15, 0.2) is 0 Å². The van der Waals surface area contributed by atoms with Crippen molar-refractivity contribution in [3.8, 4) is 0 Å². The smallest absolute Gasteiger partial charge is 0.291 e. The number of carbonyl (C=O) groups is 2. The summed E-state index contributed by atoms with van der Waals surface area (Å²) >= 11 is 0. The first-order chi connectivity index (χ1) is 11.3. The van der Waals surface area contributed by atoms with Gasteiger partial charge < -0.3 is 0 Å². The zero-order valence-corrected chi connectivity index (χ0v) is 12.1. The van der Waals surface area contributed by atoms with E-state index in [1.165, 1.54) is 0 Å². The van der Waals surface area contributed by atoms with Crippen molar-refractivity contribution in [2.75, 3.05) is 0 Å². The van der Waals surface area contributed by atoms with Gasteiger partial charge in [-0.1, -0.05) is 24.3 Å². The molecule has 2 aromatic rings. The Morgan fingerprint density at radius 1 is 1.17 bits per heavy atom. The summed E-state index contributed by atoms with van der Waals surface area (Å²) in [6.07, 6.45) is -3.14. The van der Waals surface area contributed by atoms with Gasteiger partial charge in [0, 0.05) is 6.20 Å². The van der Waals surface area contributed by atoms with Crippen LogP contribution in [0.3, 0.4) is 0 Å². The monoisotopic (exact) mass is 333 g/mol. The maximum Gasteiger partial charge on any atom is 0.451 e. The molecular weight excluding hydrogens is 323 g/mol. The number of benzene rings is 1. The molecule has 1 atom stereocenters. The highest BCUT2D eigenvalue weighted by molar-refractivity contribution is 6.14. The molecule has 0 fully saturated rings. The number of imide groups is 1. The van der Waals surface area contributed by atoms with E-state index in [9.17, 15) is 22.8 Å². The van der Waals surface area contributed by atoms with Crippen molar-refractivity contribution in [1.82, 2.24) is 15.3 Å². The number of amides is 2. The van der Waals surface area contributed by atoms with Crippen LogP contribution in [0.25, 0.3) is 0 Å². The Morgan fingerprint density at radius 3 is 2.67 bits per heavy atom. The molecule has 122 valence electrons. The Labute approximate surface area is 133 Å². The van der Waals surface area contributed by atoms with Crippen LogP contribution in [0.1, 0.15) is 39.4 Å². The summed E-state index contributed by atoms with van der Waals surface area (Å²) in [6.45, 7) is 0. The molecule has 0 radical (unpaired) electrons. The van der Waals surface area contributed by atoms with Gasteiger partial charge in [0.05, 0.1) is 11.3 Å². The Kier molecular flexibility index (Phi) is 2.85. The number of hydrogen-bond acceptors (Lipinski definition) is 4. The molecule has 1 unspecified atom stereocenters. The van der Waals surface area contributed by atoms with Crippen molar-refractivity contribution >= 4 is 11.8 Å². The van der Waals surface area contributed by atoms with Crippen molar-refractivity contribution in [3.63, 3.8) is 0 Å². The number of nitrogens with one attached hydrogen (secondary N) is 1. The summed E-state index contributed by atoms with van der Waals surface area (Å²) in [6, 6.07) is 7.02. The molecular formula is C16H10F3N3O2. The summed E-state index contributed by atoms with van der Waals surface area (Å²) in [5, 5.41) is 2.23. The van der Waals surface area contributed by atoms with Crippen molar-refractivity contribution in [2.24, 2.45) is 0 Å². The molecule has 2 aliphatic rings. The van der Waals surface area contributed by atoms with Crippen LogP contribution in [-0.2, 0) is 22.8 Å². The number of nitrogens with zero attached hydrogens (tertiary/aromatic N) is 2. The molecule has 24 heavy (non-hydrogen) atoms. The van der Waals surface area contributed by atoms with E-state index in [4.69, 9.17) is 0 Å². The molecule has 0 saturated carbocycles. The van der Waals surface area contributed by atoms with Crippen LogP contribution in [0.15, 0.2) is 30.5 Å². The molecule has 1 N–H and O–H groups in total. The fraction of sp³-hybridized carbons (Fsp3) is 0.250. The van der Waals surface area contributed by atoms with Crippen molar-refractivity contribution in [3.05, 3.63) is 58.7 Å². The second kappa shape index (κ2) is 4.62. The molecule has 2 heterocycles. The summed E-state index contributed by atoms with van der Waals surface area (Å²) in [5.74, 6) is -2.77. The maximum atomic E-state index is 13.0. The van der Waals surface area contributed by atoms with Gasteiger partial charge in [-0.2, -0.15) is 13.2 Å². The zero-order chi connectivity index (χ0) is 17.1. The molecule has 1 aliphatic carbocycles. The molecule has 8 heteroatoms. The number of aryl methyl sites for hydroxylation is 1. The van der Waals surface area contributed by atoms with Crippen molar-refractivity contribution in [1.29, 1.82) is 0 Å². The quantitative estimate of drug-likeness (QED) is 0.749. The first kappa shape index (κ1) is 14.8. The van der Waals surface area contributed by atoms with Crippen LogP contribution >= 0.6 is 0 Å². The van der Waals surface area contributed by atoms with E-state index in [-0.39, 0.29) is 17.7 Å². The largest absolute Gasteiger partial charge is 0.451 e. The van der Waals surface area contributed by atoms with Gasteiger partial charge in [0.1, 0.15) is 5.41 Å². The number of rotatable bonds is 0. The van der Waals surface area contributed by atoms with Crippen LogP contribution in [0, 0.1) is 0 Å². The zero-order valence-electron chi connectivity index (χ0n) is 12.1. The second-order valence-corrected chi connectivity index (χ2v) is 5.80. The fourth-order valence-corrected chi connectivity index (χ4v) is 3.49. The fourth-order valence-electron chi connectivity index (χ4n) is 3.49. The first-order valence-corrected chi connectivity index (χ1v) is 7.23. The molecule has 1 spiro atoms. The van der Waals surface area contributed by atoms with Crippen LogP contribution in [0.2, 0.25) is 0 Å². The van der Waals surface area contributed by atoms with Gasteiger partial charge in [-0.15, -0.1) is 0 Å². The van der Waals surface area contributed by atoms with E-state index < -0.39 is 29.2 Å². The lowest BCUT2D eigenvalue weighted by atomic mass is 9.74. The Morgan fingerprint density at radius 2 is 1.92 bits per heavy atom. The SMILES string of the molecule is O=C1NC(=O)C2(CCc3ccccc32)c2nc(C(F)(F)F)ncc21. The normalized spacial score (nSPS) is 22.3. The van der Waals surface area contributed by atoms with Gasteiger partial charge in [-0.25, -0.2) is 9.97 Å². The van der Waals surface area contributed by atoms with E-state index >= 15 is 0 Å². The van der Waals surface area contributed by atoms with Crippen LogP contribution in [0.4, 0.5) is 13.2 Å². The lowest BCUT2D eigenvalue weighted by molar-refractivity contribution is -0.145. The van der Waals surface area contributed by atoms with E-state index in [2.05, 4.69) is 15.3 Å². The van der Waals surface area contributed by atoms with Gasteiger partial charge in [0.2, 0.25) is 11.7 Å². The summed E-state index contributed by atoms with van der Waals surface area (Å²) in [7, 11) is 0. The van der Waals surface area contributed by atoms with Crippen LogP contribution < -0.4 is 5.32 Å². The summed E-state index contributed by atoms with van der Waals surface area (Å²) < 4.78 is 39.0. The molecule has 1 aromatic heterocycles. The highest BCUT2D eigenvalue weighted by Crippen LogP contribution is 2.46. The lowest BCUT2D eigenvalue weighted by Gasteiger charge is -2.33. The maximum absolute atomic E-state index is 13.0. The number of alkyl halides is 3. The van der Waals surface area contributed by atoms with Crippen molar-refractivity contribution in [2.45, 2.75) is 24.4 Å². The molecule has 1 aromatic carbocycles. The molecule has 2 amide bonds. The third-order valence-electron chi connectivity index (χ3n) is 4.55. The summed E-state index contributed by atoms with van der Waals surface area (Å²) in [4.78, 5) is 31.5. The molecule has 0 bridgehead atoms. The molecule has 5 nitrogen and oxygen atoms in total. The number of hydrogen-bond donors (Lipinski definition) is 1. The first-order valence-electron chi connectivity index (χ1n) is 7.23. The van der Waals surface area contributed by atoms with Gasteiger partial charge in [-0.3, -0.25) is 14.9 Å². The van der Waals surface area contributed by atoms with E-state index in [0.29, 0.717) is 12.0 Å². The van der Waals surface area contributed by atoms with Gasteiger partial charge in [-0.05, 0) is 24.0 Å². The standard InChI is InChI=1S/C16H10F3N3O2/c17-16(18,19)13-20-7-9-11(21-13)15(14(24)22-12(9)23)6-5-8-3-1-2-4-10(8)15/h1-4,7H,5-6H2,(H,22,23,24). The minimum absolute atomic E-state index is 0.0979. The van der Waals surface area contributed by atoms with Gasteiger partial charge in [0.25, 0.3) is 5.91 Å². The number of halogens is 3. The minimum atomic E-state index is -4.76. The van der Waals surface area contributed by atoms with E-state index in [1.54, 1.807) is 18.2 Å². The topological polar surface area (TPSA) is 72.0 Å². The number of fused-ring (bicyclic) bond motifs is 4. The van der Waals surface area contributed by atoms with E-state index in [1.807, 2.05) is 6.07 Å².